The molecule has 0 spiro atoms. The third-order valence-electron chi connectivity index (χ3n) is 5.31. The maximum Gasteiger partial charge on any atom is 0.316 e. The summed E-state index contributed by atoms with van der Waals surface area (Å²) < 4.78 is 5.44. The van der Waals surface area contributed by atoms with Crippen LogP contribution in [-0.4, -0.2) is 24.2 Å². The molecule has 3 rings (SSSR count). The lowest BCUT2D eigenvalue weighted by atomic mass is 9.96. The minimum atomic E-state index is -0.509. The van der Waals surface area contributed by atoms with Crippen LogP contribution in [0.5, 0.6) is 5.75 Å². The van der Waals surface area contributed by atoms with Crippen LogP contribution in [-0.2, 0) is 9.59 Å². The summed E-state index contributed by atoms with van der Waals surface area (Å²) in [5, 5.41) is 0. The Morgan fingerprint density at radius 1 is 1.14 bits per heavy atom. The molecule has 1 aliphatic heterocycles. The highest BCUT2D eigenvalue weighted by atomic mass is 16.5. The fourth-order valence-electron chi connectivity index (χ4n) is 3.43. The van der Waals surface area contributed by atoms with Gasteiger partial charge in [0.2, 0.25) is 5.91 Å². The van der Waals surface area contributed by atoms with Crippen LogP contribution in [0, 0.1) is 5.92 Å². The lowest BCUT2D eigenvalue weighted by molar-refractivity contribution is -0.139. The molecular formula is C23H25NO4. The van der Waals surface area contributed by atoms with Gasteiger partial charge in [-0.3, -0.25) is 14.4 Å². The fourth-order valence-corrected chi connectivity index (χ4v) is 3.43. The van der Waals surface area contributed by atoms with Crippen molar-refractivity contribution < 1.29 is 19.1 Å². The van der Waals surface area contributed by atoms with E-state index in [1.54, 1.807) is 29.2 Å². The number of para-hydroxylation sites is 1. The number of ketones is 1. The highest BCUT2D eigenvalue weighted by molar-refractivity contribution is 6.00. The van der Waals surface area contributed by atoms with Crippen molar-refractivity contribution in [1.29, 1.82) is 0 Å². The molecule has 0 unspecified atom stereocenters. The van der Waals surface area contributed by atoms with Gasteiger partial charge < -0.3 is 9.64 Å². The third kappa shape index (κ3) is 4.14. The molecule has 1 heterocycles. The summed E-state index contributed by atoms with van der Waals surface area (Å²) in [6.45, 7) is 6.05. The van der Waals surface area contributed by atoms with Crippen molar-refractivity contribution in [2.24, 2.45) is 5.92 Å². The van der Waals surface area contributed by atoms with Crippen LogP contribution >= 0.6 is 0 Å². The monoisotopic (exact) mass is 379 g/mol. The van der Waals surface area contributed by atoms with Gasteiger partial charge in [0, 0.05) is 24.2 Å². The zero-order valence-corrected chi connectivity index (χ0v) is 16.5. The molecule has 2 aromatic rings. The summed E-state index contributed by atoms with van der Waals surface area (Å²) in [6, 6.07) is 14.3. The van der Waals surface area contributed by atoms with Gasteiger partial charge in [-0.1, -0.05) is 32.0 Å². The Labute approximate surface area is 165 Å². The van der Waals surface area contributed by atoms with Gasteiger partial charge in [-0.2, -0.15) is 0 Å². The van der Waals surface area contributed by atoms with Gasteiger partial charge >= 0.3 is 5.97 Å². The number of carbonyl (C=O) groups excluding carboxylic acids is 3. The Kier molecular flexibility index (Phi) is 5.93. The van der Waals surface area contributed by atoms with Gasteiger partial charge in [0.25, 0.3) is 0 Å². The number of nitrogens with zero attached hydrogens (tertiary/aromatic N) is 1. The van der Waals surface area contributed by atoms with Crippen LogP contribution in [0.2, 0.25) is 0 Å². The molecule has 1 fully saturated rings. The smallest absolute Gasteiger partial charge is 0.316 e. The number of amides is 1. The second-order valence-corrected chi connectivity index (χ2v) is 7.28. The summed E-state index contributed by atoms with van der Waals surface area (Å²) in [7, 11) is 0. The molecule has 2 atom stereocenters. The quantitative estimate of drug-likeness (QED) is 0.425. The van der Waals surface area contributed by atoms with Gasteiger partial charge in [-0.25, -0.2) is 0 Å². The fraction of sp³-hybridized carbons (Fsp3) is 0.348. The van der Waals surface area contributed by atoms with E-state index in [0.717, 1.165) is 17.7 Å². The van der Waals surface area contributed by atoms with E-state index in [4.69, 9.17) is 4.74 Å². The van der Waals surface area contributed by atoms with E-state index in [2.05, 4.69) is 13.8 Å². The second kappa shape index (κ2) is 8.38. The highest BCUT2D eigenvalue weighted by Crippen LogP contribution is 2.33. The molecule has 28 heavy (non-hydrogen) atoms. The zero-order chi connectivity index (χ0) is 20.3. The summed E-state index contributed by atoms with van der Waals surface area (Å²) in [4.78, 5) is 38.2. The number of Topliss-reactive ketones (excluding diaryl/α,β-unsaturated/α-hetero) is 1. The van der Waals surface area contributed by atoms with E-state index in [0.29, 0.717) is 23.8 Å². The first-order valence-corrected chi connectivity index (χ1v) is 9.62. The minimum Gasteiger partial charge on any atom is -0.426 e. The van der Waals surface area contributed by atoms with E-state index < -0.39 is 11.9 Å². The molecule has 0 aliphatic carbocycles. The van der Waals surface area contributed by atoms with Crippen LogP contribution in [0.1, 0.15) is 55.5 Å². The molecule has 1 aliphatic rings. The van der Waals surface area contributed by atoms with E-state index in [-0.39, 0.29) is 18.1 Å². The van der Waals surface area contributed by atoms with E-state index in [9.17, 15) is 14.4 Å². The normalized spacial score (nSPS) is 17.5. The Balaban J connectivity index is 1.72. The SMILES string of the molecule is CC[C@@H](C)c1ccccc1N1C[C@@H](C(=O)Oc2ccc(C(C)=O)cc2)CC1=O. The van der Waals surface area contributed by atoms with Crippen molar-refractivity contribution in [3.05, 3.63) is 59.7 Å². The van der Waals surface area contributed by atoms with Gasteiger partial charge in [0.15, 0.2) is 5.78 Å². The summed E-state index contributed by atoms with van der Waals surface area (Å²) in [6.07, 6.45) is 1.11. The molecule has 5 nitrogen and oxygen atoms in total. The molecular weight excluding hydrogens is 354 g/mol. The molecule has 2 aromatic carbocycles. The first-order chi connectivity index (χ1) is 13.4. The number of carbonyl (C=O) groups is 3. The van der Waals surface area contributed by atoms with Crippen molar-refractivity contribution in [2.45, 2.75) is 39.5 Å². The number of hydrogen-bond donors (Lipinski definition) is 0. The average molecular weight is 379 g/mol. The molecule has 5 heteroatoms. The number of rotatable bonds is 6. The number of esters is 1. The zero-order valence-electron chi connectivity index (χ0n) is 16.5. The van der Waals surface area contributed by atoms with Gasteiger partial charge in [-0.15, -0.1) is 0 Å². The van der Waals surface area contributed by atoms with Crippen LogP contribution < -0.4 is 9.64 Å². The number of anilines is 1. The van der Waals surface area contributed by atoms with Gasteiger partial charge in [0.1, 0.15) is 5.75 Å². The molecule has 146 valence electrons. The van der Waals surface area contributed by atoms with E-state index >= 15 is 0 Å². The standard InChI is InChI=1S/C23H25NO4/c1-4-15(2)20-7-5-6-8-21(20)24-14-18(13-22(24)26)23(27)28-19-11-9-17(10-12-19)16(3)25/h5-12,15,18H,4,13-14H2,1-3H3/t15-,18+/m1/s1. The van der Waals surface area contributed by atoms with Crippen molar-refractivity contribution in [3.63, 3.8) is 0 Å². The van der Waals surface area contributed by atoms with Crippen LogP contribution in [0.25, 0.3) is 0 Å². The molecule has 0 bridgehead atoms. The predicted molar refractivity (Wildman–Crippen MR) is 108 cm³/mol. The van der Waals surface area contributed by atoms with E-state index in [1.165, 1.54) is 6.92 Å². The Morgan fingerprint density at radius 2 is 1.82 bits per heavy atom. The van der Waals surface area contributed by atoms with Crippen LogP contribution in [0.15, 0.2) is 48.5 Å². The van der Waals surface area contributed by atoms with E-state index in [1.807, 2.05) is 24.3 Å². The summed E-state index contributed by atoms with van der Waals surface area (Å²) in [5.74, 6) is -0.340. The largest absolute Gasteiger partial charge is 0.426 e. The highest BCUT2D eigenvalue weighted by Gasteiger charge is 2.37. The molecule has 1 saturated heterocycles. The molecule has 0 N–H and O–H groups in total. The van der Waals surface area contributed by atoms with Crippen molar-refractivity contribution >= 4 is 23.3 Å². The van der Waals surface area contributed by atoms with Gasteiger partial charge in [0.05, 0.1) is 5.92 Å². The number of benzene rings is 2. The Hall–Kier alpha value is -2.95. The molecule has 0 aromatic heterocycles. The Bertz CT molecular complexity index is 888. The lowest BCUT2D eigenvalue weighted by Crippen LogP contribution is -2.28. The minimum absolute atomic E-state index is 0.0464. The second-order valence-electron chi connectivity index (χ2n) is 7.28. The predicted octanol–water partition coefficient (Wildman–Crippen LogP) is 4.36. The van der Waals surface area contributed by atoms with Crippen LogP contribution in [0.4, 0.5) is 5.69 Å². The number of hydrogen-bond acceptors (Lipinski definition) is 4. The first kappa shape index (κ1) is 19.8. The maximum atomic E-state index is 12.6. The van der Waals surface area contributed by atoms with Crippen molar-refractivity contribution in [3.8, 4) is 5.75 Å². The topological polar surface area (TPSA) is 63.7 Å². The van der Waals surface area contributed by atoms with Crippen LogP contribution in [0.3, 0.4) is 0 Å². The first-order valence-electron chi connectivity index (χ1n) is 9.62. The molecule has 1 amide bonds. The third-order valence-corrected chi connectivity index (χ3v) is 5.31. The number of ether oxygens (including phenoxy) is 1. The van der Waals surface area contributed by atoms with Crippen molar-refractivity contribution in [1.82, 2.24) is 0 Å². The molecule has 0 saturated carbocycles. The summed E-state index contributed by atoms with van der Waals surface area (Å²) >= 11 is 0. The average Bonchev–Trinajstić information content (AvgIpc) is 3.09. The van der Waals surface area contributed by atoms with Crippen molar-refractivity contribution in [2.75, 3.05) is 11.4 Å². The molecule has 0 radical (unpaired) electrons. The van der Waals surface area contributed by atoms with Gasteiger partial charge in [-0.05, 0) is 55.2 Å². The lowest BCUT2D eigenvalue weighted by Gasteiger charge is -2.23. The Morgan fingerprint density at radius 3 is 2.46 bits per heavy atom. The summed E-state index contributed by atoms with van der Waals surface area (Å²) in [5.41, 5.74) is 2.55. The maximum absolute atomic E-state index is 12.6.